The number of thioether (sulfide) groups is 1. The summed E-state index contributed by atoms with van der Waals surface area (Å²) < 4.78 is 8.14. The van der Waals surface area contributed by atoms with Crippen LogP contribution in [0.3, 0.4) is 0 Å². The highest BCUT2D eigenvalue weighted by Crippen LogP contribution is 2.28. The molecule has 0 fully saturated rings. The van der Waals surface area contributed by atoms with Crippen molar-refractivity contribution in [1.82, 2.24) is 9.55 Å². The van der Waals surface area contributed by atoms with Gasteiger partial charge in [-0.05, 0) is 42.2 Å². The molecule has 1 aromatic heterocycles. The van der Waals surface area contributed by atoms with Gasteiger partial charge >= 0.3 is 5.97 Å². The molecule has 3 aromatic rings. The van der Waals surface area contributed by atoms with Gasteiger partial charge in [-0.2, -0.15) is 0 Å². The van der Waals surface area contributed by atoms with Crippen LogP contribution < -0.4 is 4.74 Å². The van der Waals surface area contributed by atoms with Crippen LogP contribution >= 0.6 is 11.8 Å². The molecule has 142 valence electrons. The van der Waals surface area contributed by atoms with Crippen LogP contribution in [0.1, 0.15) is 30.9 Å². The number of aryl methyl sites for hydroxylation is 1. The fourth-order valence-electron chi connectivity index (χ4n) is 3.00. The molecule has 0 spiro atoms. The monoisotopic (exact) mass is 384 g/mol. The largest absolute Gasteiger partial charge is 0.491 e. The summed E-state index contributed by atoms with van der Waals surface area (Å²) in [5, 5.41) is 9.70. The fraction of sp³-hybridized carbons (Fsp3) is 0.333. The van der Waals surface area contributed by atoms with Crippen molar-refractivity contribution >= 4 is 28.8 Å². The number of rotatable bonds is 8. The highest BCUT2D eigenvalue weighted by Gasteiger charge is 2.13. The lowest BCUT2D eigenvalue weighted by atomic mass is 10.0. The summed E-state index contributed by atoms with van der Waals surface area (Å²) in [6, 6.07) is 14.1. The van der Waals surface area contributed by atoms with E-state index in [4.69, 9.17) is 9.84 Å². The van der Waals surface area contributed by atoms with Crippen molar-refractivity contribution in [2.75, 3.05) is 12.4 Å². The number of nitrogens with zero attached hydrogens (tertiary/aromatic N) is 2. The van der Waals surface area contributed by atoms with Crippen molar-refractivity contribution in [2.45, 2.75) is 38.4 Å². The smallest absolute Gasteiger partial charge is 0.313 e. The zero-order chi connectivity index (χ0) is 19.4. The van der Waals surface area contributed by atoms with Gasteiger partial charge in [0.15, 0.2) is 5.16 Å². The number of carbonyl (C=O) groups is 1. The lowest BCUT2D eigenvalue weighted by molar-refractivity contribution is -0.133. The first kappa shape index (κ1) is 19.3. The first-order valence-electron chi connectivity index (χ1n) is 8.99. The normalized spacial score (nSPS) is 11.3. The number of hydrogen-bond acceptors (Lipinski definition) is 4. The Balaban J connectivity index is 1.80. The number of aromatic nitrogens is 2. The quantitative estimate of drug-likeness (QED) is 0.569. The van der Waals surface area contributed by atoms with Crippen molar-refractivity contribution < 1.29 is 14.6 Å². The van der Waals surface area contributed by atoms with E-state index in [-0.39, 0.29) is 5.75 Å². The molecule has 0 radical (unpaired) electrons. The molecule has 6 heteroatoms. The second-order valence-electron chi connectivity index (χ2n) is 6.76. The van der Waals surface area contributed by atoms with Crippen LogP contribution in [0, 0.1) is 6.92 Å². The molecule has 0 aliphatic heterocycles. The number of hydrogen-bond donors (Lipinski definition) is 1. The number of para-hydroxylation sites is 2. The van der Waals surface area contributed by atoms with Crippen molar-refractivity contribution in [3.8, 4) is 5.75 Å². The molecule has 0 unspecified atom stereocenters. The number of carboxylic acid groups (broad SMARTS) is 1. The van der Waals surface area contributed by atoms with Crippen LogP contribution in [0.4, 0.5) is 0 Å². The Morgan fingerprint density at radius 2 is 2.04 bits per heavy atom. The zero-order valence-electron chi connectivity index (χ0n) is 15.8. The number of benzene rings is 2. The number of imidazole rings is 1. The maximum atomic E-state index is 10.9. The second kappa shape index (κ2) is 8.48. The molecule has 1 N–H and O–H groups in total. The predicted octanol–water partition coefficient (Wildman–Crippen LogP) is 4.72. The molecule has 27 heavy (non-hydrogen) atoms. The molecule has 0 saturated heterocycles. The molecule has 3 rings (SSSR count). The Labute approximate surface area is 163 Å². The lowest BCUT2D eigenvalue weighted by Gasteiger charge is -2.16. The van der Waals surface area contributed by atoms with Crippen LogP contribution in [0.2, 0.25) is 0 Å². The molecule has 0 atom stereocenters. The van der Waals surface area contributed by atoms with E-state index in [2.05, 4.69) is 44.0 Å². The third kappa shape index (κ3) is 4.63. The molecule has 0 aliphatic carbocycles. The van der Waals surface area contributed by atoms with Gasteiger partial charge in [0.2, 0.25) is 0 Å². The zero-order valence-corrected chi connectivity index (χ0v) is 16.6. The molecular formula is C21H24N2O3S. The Hall–Kier alpha value is -2.47. The summed E-state index contributed by atoms with van der Waals surface area (Å²) in [6.07, 6.45) is 0. The van der Waals surface area contributed by atoms with Gasteiger partial charge in [0, 0.05) is 0 Å². The van der Waals surface area contributed by atoms with E-state index in [1.165, 1.54) is 22.9 Å². The van der Waals surface area contributed by atoms with Gasteiger partial charge in [0.05, 0.1) is 23.3 Å². The van der Waals surface area contributed by atoms with Gasteiger partial charge in [-0.1, -0.05) is 49.9 Å². The van der Waals surface area contributed by atoms with Crippen molar-refractivity contribution in [2.24, 2.45) is 0 Å². The highest BCUT2D eigenvalue weighted by atomic mass is 32.2. The van der Waals surface area contributed by atoms with Crippen molar-refractivity contribution in [3.63, 3.8) is 0 Å². The van der Waals surface area contributed by atoms with Crippen LogP contribution in [0.15, 0.2) is 47.6 Å². The standard InChI is InChI=1S/C21H24N2O3S/c1-14(2)16-9-8-15(3)12-19(16)26-11-10-23-18-7-5-4-6-17(18)22-21(23)27-13-20(24)25/h4-9,12,14H,10-11,13H2,1-3H3,(H,24,25). The van der Waals surface area contributed by atoms with Gasteiger partial charge < -0.3 is 14.4 Å². The average Bonchev–Trinajstić information content (AvgIpc) is 2.97. The molecule has 1 heterocycles. The fourth-order valence-corrected chi connectivity index (χ4v) is 3.76. The highest BCUT2D eigenvalue weighted by molar-refractivity contribution is 7.99. The minimum absolute atomic E-state index is 0.0143. The molecule has 0 aliphatic rings. The van der Waals surface area contributed by atoms with Gasteiger partial charge in [0.1, 0.15) is 12.4 Å². The Bertz CT molecular complexity index is 950. The van der Waals surface area contributed by atoms with E-state index >= 15 is 0 Å². The SMILES string of the molecule is Cc1ccc(C(C)C)c(OCCn2c(SCC(=O)O)nc3ccccc32)c1. The summed E-state index contributed by atoms with van der Waals surface area (Å²) in [4.78, 5) is 15.5. The molecule has 2 aromatic carbocycles. The van der Waals surface area contributed by atoms with Crippen molar-refractivity contribution in [1.29, 1.82) is 0 Å². The molecule has 0 amide bonds. The van der Waals surface area contributed by atoms with Crippen LogP contribution in [0.25, 0.3) is 11.0 Å². The number of aliphatic carboxylic acids is 1. The number of fused-ring (bicyclic) bond motifs is 1. The predicted molar refractivity (Wildman–Crippen MR) is 109 cm³/mol. The van der Waals surface area contributed by atoms with E-state index < -0.39 is 5.97 Å². The molecule has 5 nitrogen and oxygen atoms in total. The molecule has 0 bridgehead atoms. The van der Waals surface area contributed by atoms with Crippen molar-refractivity contribution in [3.05, 3.63) is 53.6 Å². The third-order valence-corrected chi connectivity index (χ3v) is 5.27. The Kier molecular flexibility index (Phi) is 6.06. The first-order chi connectivity index (χ1) is 13.0. The summed E-state index contributed by atoms with van der Waals surface area (Å²) in [7, 11) is 0. The number of carboxylic acids is 1. The van der Waals surface area contributed by atoms with E-state index in [1.54, 1.807) is 0 Å². The van der Waals surface area contributed by atoms with Gasteiger partial charge in [-0.15, -0.1) is 0 Å². The van der Waals surface area contributed by atoms with Crippen LogP contribution in [0.5, 0.6) is 5.75 Å². The van der Waals surface area contributed by atoms with E-state index in [9.17, 15) is 4.79 Å². The summed E-state index contributed by atoms with van der Waals surface area (Å²) >= 11 is 1.23. The minimum atomic E-state index is -0.851. The minimum Gasteiger partial charge on any atom is -0.491 e. The molecular weight excluding hydrogens is 360 g/mol. The maximum absolute atomic E-state index is 10.9. The van der Waals surface area contributed by atoms with Gasteiger partial charge in [-0.3, -0.25) is 4.79 Å². The first-order valence-corrected chi connectivity index (χ1v) is 9.97. The van der Waals surface area contributed by atoms with Gasteiger partial charge in [0.25, 0.3) is 0 Å². The lowest BCUT2D eigenvalue weighted by Crippen LogP contribution is -2.11. The Morgan fingerprint density at radius 1 is 1.26 bits per heavy atom. The average molecular weight is 385 g/mol. The maximum Gasteiger partial charge on any atom is 0.313 e. The van der Waals surface area contributed by atoms with E-state index in [1.807, 2.05) is 28.8 Å². The van der Waals surface area contributed by atoms with Gasteiger partial charge in [-0.25, -0.2) is 4.98 Å². The Morgan fingerprint density at radius 3 is 2.78 bits per heavy atom. The van der Waals surface area contributed by atoms with Crippen LogP contribution in [-0.2, 0) is 11.3 Å². The van der Waals surface area contributed by atoms with E-state index in [0.717, 1.165) is 16.8 Å². The number of ether oxygens (including phenoxy) is 1. The van der Waals surface area contributed by atoms with Crippen LogP contribution in [-0.4, -0.2) is 33.0 Å². The summed E-state index contributed by atoms with van der Waals surface area (Å²) in [6.45, 7) is 7.46. The summed E-state index contributed by atoms with van der Waals surface area (Å²) in [5.41, 5.74) is 4.21. The topological polar surface area (TPSA) is 64.3 Å². The second-order valence-corrected chi connectivity index (χ2v) is 7.70. The molecule has 0 saturated carbocycles. The third-order valence-electron chi connectivity index (χ3n) is 4.31. The van der Waals surface area contributed by atoms with E-state index in [0.29, 0.717) is 24.2 Å². The summed E-state index contributed by atoms with van der Waals surface area (Å²) in [5.74, 6) is 0.432.